The Balaban J connectivity index is 1.31. The second-order valence-electron chi connectivity index (χ2n) is 7.64. The van der Waals surface area contributed by atoms with Crippen molar-refractivity contribution in [2.24, 2.45) is 0 Å². The molecule has 4 aromatic rings. The summed E-state index contributed by atoms with van der Waals surface area (Å²) in [4.78, 5) is 25.6. The van der Waals surface area contributed by atoms with E-state index in [-0.39, 0.29) is 17.7 Å². The van der Waals surface area contributed by atoms with Crippen molar-refractivity contribution in [3.05, 3.63) is 118 Å². The minimum atomic E-state index is -0.348. The Hall–Kier alpha value is -3.70. The molecule has 0 aromatic heterocycles. The summed E-state index contributed by atoms with van der Waals surface area (Å²) in [6, 6.07) is 30.4. The summed E-state index contributed by atoms with van der Waals surface area (Å²) in [5.41, 5.74) is 6.16. The fourth-order valence-corrected chi connectivity index (χ4v) is 4.36. The van der Waals surface area contributed by atoms with Crippen LogP contribution in [0, 0.1) is 0 Å². The van der Waals surface area contributed by atoms with Gasteiger partial charge in [0.25, 0.3) is 5.91 Å². The first-order valence-electron chi connectivity index (χ1n) is 10.3. The van der Waals surface area contributed by atoms with Crippen LogP contribution in [0.2, 0.25) is 0 Å². The molecule has 0 radical (unpaired) electrons. The van der Waals surface area contributed by atoms with Gasteiger partial charge >= 0.3 is 0 Å². The maximum atomic E-state index is 13.2. The summed E-state index contributed by atoms with van der Waals surface area (Å²) in [6.07, 6.45) is 0. The van der Waals surface area contributed by atoms with Gasteiger partial charge in [-0.05, 0) is 70.8 Å². The van der Waals surface area contributed by atoms with Crippen molar-refractivity contribution in [1.82, 2.24) is 0 Å². The Morgan fingerprint density at radius 1 is 0.625 bits per heavy atom. The van der Waals surface area contributed by atoms with Gasteiger partial charge in [0.2, 0.25) is 5.91 Å². The highest BCUT2D eigenvalue weighted by Gasteiger charge is 2.33. The molecule has 2 N–H and O–H groups in total. The molecule has 2 amide bonds. The molecule has 156 valence electrons. The lowest BCUT2D eigenvalue weighted by atomic mass is 9.96. The first-order valence-corrected chi connectivity index (χ1v) is 11.1. The number of hydrogen-bond donors (Lipinski definition) is 2. The highest BCUT2D eigenvalue weighted by atomic mass is 79.9. The summed E-state index contributed by atoms with van der Waals surface area (Å²) in [5, 5.41) is 5.90. The van der Waals surface area contributed by atoms with Crippen LogP contribution in [0.3, 0.4) is 0 Å². The lowest BCUT2D eigenvalue weighted by Crippen LogP contribution is -2.20. The Morgan fingerprint density at radius 2 is 1.12 bits per heavy atom. The van der Waals surface area contributed by atoms with Gasteiger partial charge in [-0.2, -0.15) is 0 Å². The second kappa shape index (κ2) is 8.44. The topological polar surface area (TPSA) is 58.2 Å². The first kappa shape index (κ1) is 20.2. The van der Waals surface area contributed by atoms with E-state index in [4.69, 9.17) is 0 Å². The predicted octanol–water partition coefficient (Wildman–Crippen LogP) is 6.45. The number of rotatable bonds is 4. The number of carbonyl (C=O) groups is 2. The van der Waals surface area contributed by atoms with E-state index in [0.29, 0.717) is 16.9 Å². The molecular formula is C27H19BrN2O2. The summed E-state index contributed by atoms with van der Waals surface area (Å²) < 4.78 is 0.918. The average Bonchev–Trinajstić information content (AvgIpc) is 3.15. The van der Waals surface area contributed by atoms with Crippen molar-refractivity contribution in [1.29, 1.82) is 0 Å². The zero-order valence-electron chi connectivity index (χ0n) is 17.0. The Labute approximate surface area is 194 Å². The van der Waals surface area contributed by atoms with E-state index in [1.165, 1.54) is 0 Å². The van der Waals surface area contributed by atoms with Gasteiger partial charge in [0.05, 0.1) is 5.92 Å². The third kappa shape index (κ3) is 3.83. The van der Waals surface area contributed by atoms with E-state index in [2.05, 4.69) is 38.7 Å². The molecule has 0 aliphatic heterocycles. The van der Waals surface area contributed by atoms with Crippen LogP contribution in [0.25, 0.3) is 11.1 Å². The molecule has 5 rings (SSSR count). The molecule has 0 fully saturated rings. The van der Waals surface area contributed by atoms with Crippen LogP contribution < -0.4 is 10.6 Å². The number of amides is 2. The molecule has 5 heteroatoms. The molecule has 1 aliphatic rings. The highest BCUT2D eigenvalue weighted by Crippen LogP contribution is 2.44. The van der Waals surface area contributed by atoms with Gasteiger partial charge in [-0.25, -0.2) is 0 Å². The van der Waals surface area contributed by atoms with Crippen molar-refractivity contribution < 1.29 is 9.59 Å². The van der Waals surface area contributed by atoms with Crippen LogP contribution in [0.4, 0.5) is 11.4 Å². The van der Waals surface area contributed by atoms with Crippen molar-refractivity contribution in [2.45, 2.75) is 5.92 Å². The zero-order valence-corrected chi connectivity index (χ0v) is 18.6. The molecule has 0 spiro atoms. The summed E-state index contributed by atoms with van der Waals surface area (Å²) in [5.74, 6) is -0.610. The van der Waals surface area contributed by atoms with Crippen LogP contribution in [0.5, 0.6) is 0 Å². The van der Waals surface area contributed by atoms with Crippen molar-refractivity contribution in [3.63, 3.8) is 0 Å². The largest absolute Gasteiger partial charge is 0.325 e. The smallest absolute Gasteiger partial charge is 0.255 e. The summed E-state index contributed by atoms with van der Waals surface area (Å²) >= 11 is 3.37. The van der Waals surface area contributed by atoms with E-state index < -0.39 is 0 Å². The van der Waals surface area contributed by atoms with Crippen LogP contribution in [-0.4, -0.2) is 11.8 Å². The number of halogens is 1. The molecule has 0 unspecified atom stereocenters. The van der Waals surface area contributed by atoms with Gasteiger partial charge in [-0.3, -0.25) is 9.59 Å². The quantitative estimate of drug-likeness (QED) is 0.351. The number of anilines is 2. The minimum Gasteiger partial charge on any atom is -0.325 e. The van der Waals surface area contributed by atoms with Crippen molar-refractivity contribution in [3.8, 4) is 11.1 Å². The molecule has 0 saturated heterocycles. The predicted molar refractivity (Wildman–Crippen MR) is 131 cm³/mol. The van der Waals surface area contributed by atoms with Crippen molar-refractivity contribution >= 4 is 39.1 Å². The van der Waals surface area contributed by atoms with E-state index in [1.54, 1.807) is 36.4 Å². The Bertz CT molecular complexity index is 1270. The fourth-order valence-electron chi connectivity index (χ4n) is 4.09. The lowest BCUT2D eigenvalue weighted by molar-refractivity contribution is -0.116. The Morgan fingerprint density at radius 3 is 1.69 bits per heavy atom. The normalized spacial score (nSPS) is 12.0. The fraction of sp³-hybridized carbons (Fsp3) is 0.0370. The van der Waals surface area contributed by atoms with Crippen LogP contribution in [0.1, 0.15) is 27.4 Å². The number of carbonyl (C=O) groups excluding carboxylic acids is 2. The standard InChI is InChI=1S/C27H19BrN2O2/c28-18-11-9-17(10-12-18)26(31)29-19-13-15-20(16-14-19)30-27(32)25-23-7-3-1-5-21(23)22-6-2-4-8-24(22)25/h1-16,25H,(H,29,31)(H,30,32). The maximum absolute atomic E-state index is 13.2. The first-order chi connectivity index (χ1) is 15.6. The van der Waals surface area contributed by atoms with E-state index in [9.17, 15) is 9.59 Å². The van der Waals surface area contributed by atoms with Gasteiger partial charge in [0, 0.05) is 21.4 Å². The van der Waals surface area contributed by atoms with Crippen LogP contribution in [-0.2, 0) is 4.79 Å². The van der Waals surface area contributed by atoms with Gasteiger partial charge in [0.1, 0.15) is 0 Å². The van der Waals surface area contributed by atoms with E-state index in [1.807, 2.05) is 48.5 Å². The van der Waals surface area contributed by atoms with E-state index >= 15 is 0 Å². The molecule has 1 aliphatic carbocycles. The van der Waals surface area contributed by atoms with Crippen molar-refractivity contribution in [2.75, 3.05) is 10.6 Å². The lowest BCUT2D eigenvalue weighted by Gasteiger charge is -2.14. The third-order valence-electron chi connectivity index (χ3n) is 5.61. The number of nitrogens with one attached hydrogen (secondary N) is 2. The molecule has 4 aromatic carbocycles. The van der Waals surface area contributed by atoms with Gasteiger partial charge in [0.15, 0.2) is 0 Å². The monoisotopic (exact) mass is 482 g/mol. The SMILES string of the molecule is O=C(Nc1ccc(NC(=O)C2c3ccccc3-c3ccccc32)cc1)c1ccc(Br)cc1. The third-order valence-corrected chi connectivity index (χ3v) is 6.14. The molecule has 0 bridgehead atoms. The number of benzene rings is 4. The molecular weight excluding hydrogens is 464 g/mol. The maximum Gasteiger partial charge on any atom is 0.255 e. The average molecular weight is 483 g/mol. The van der Waals surface area contributed by atoms with Crippen LogP contribution in [0.15, 0.2) is 102 Å². The van der Waals surface area contributed by atoms with Gasteiger partial charge < -0.3 is 10.6 Å². The second-order valence-corrected chi connectivity index (χ2v) is 8.55. The minimum absolute atomic E-state index is 0.0750. The van der Waals surface area contributed by atoms with Gasteiger partial charge in [-0.1, -0.05) is 64.5 Å². The zero-order chi connectivity index (χ0) is 22.1. The number of fused-ring (bicyclic) bond motifs is 3. The molecule has 0 atom stereocenters. The molecule has 0 saturated carbocycles. The number of hydrogen-bond acceptors (Lipinski definition) is 2. The highest BCUT2D eigenvalue weighted by molar-refractivity contribution is 9.10. The Kier molecular flexibility index (Phi) is 5.33. The molecule has 32 heavy (non-hydrogen) atoms. The summed E-state index contributed by atoms with van der Waals surface area (Å²) in [7, 11) is 0. The van der Waals surface area contributed by atoms with E-state index in [0.717, 1.165) is 26.7 Å². The summed E-state index contributed by atoms with van der Waals surface area (Å²) in [6.45, 7) is 0. The van der Waals surface area contributed by atoms with Gasteiger partial charge in [-0.15, -0.1) is 0 Å². The molecule has 4 nitrogen and oxygen atoms in total. The van der Waals surface area contributed by atoms with Crippen LogP contribution >= 0.6 is 15.9 Å². The molecule has 0 heterocycles.